The van der Waals surface area contributed by atoms with Gasteiger partial charge in [-0.3, -0.25) is 0 Å². The van der Waals surface area contributed by atoms with E-state index in [1.807, 2.05) is 12.1 Å². The molecule has 0 saturated heterocycles. The van der Waals surface area contributed by atoms with Crippen LogP contribution in [-0.2, 0) is 19.4 Å². The summed E-state index contributed by atoms with van der Waals surface area (Å²) in [4.78, 5) is 9.47. The second-order valence-corrected chi connectivity index (χ2v) is 6.31. The first kappa shape index (κ1) is 19.7. The smallest absolute Gasteiger partial charge is 0.197 e. The third-order valence-electron chi connectivity index (χ3n) is 3.96. The van der Waals surface area contributed by atoms with Gasteiger partial charge in [-0.15, -0.1) is 24.8 Å². The van der Waals surface area contributed by atoms with Gasteiger partial charge in [0.25, 0.3) is 0 Å². The number of hydrogen-bond acceptors (Lipinski definition) is 6. The van der Waals surface area contributed by atoms with Gasteiger partial charge < -0.3 is 15.1 Å². The Hall–Kier alpha value is -1.60. The molecule has 0 saturated carbocycles. The van der Waals surface area contributed by atoms with Crippen LogP contribution in [0.2, 0.25) is 0 Å². The first-order valence-electron chi connectivity index (χ1n) is 7.79. The summed E-state index contributed by atoms with van der Waals surface area (Å²) in [5, 5.41) is 11.2. The van der Waals surface area contributed by atoms with Crippen LogP contribution in [0.4, 0.5) is 5.82 Å². The molecule has 0 atom stereocenters. The van der Waals surface area contributed by atoms with E-state index in [4.69, 9.17) is 14.4 Å². The number of rotatable bonds is 4. The van der Waals surface area contributed by atoms with E-state index in [2.05, 4.69) is 27.5 Å². The van der Waals surface area contributed by atoms with Gasteiger partial charge >= 0.3 is 0 Å². The number of nitrogens with one attached hydrogen (secondary N) is 2. The summed E-state index contributed by atoms with van der Waals surface area (Å²) in [7, 11) is 0. The average Bonchev–Trinajstić information content (AvgIpc) is 3.23. The summed E-state index contributed by atoms with van der Waals surface area (Å²) in [6, 6.07) is 5.90. The molecule has 1 aliphatic rings. The zero-order valence-corrected chi connectivity index (χ0v) is 16.0. The zero-order valence-electron chi connectivity index (χ0n) is 13.5. The molecule has 0 spiro atoms. The molecule has 4 rings (SSSR count). The Balaban J connectivity index is 0.00000113. The van der Waals surface area contributed by atoms with Gasteiger partial charge in [0.2, 0.25) is 0 Å². The van der Waals surface area contributed by atoms with Gasteiger partial charge in [-0.25, -0.2) is 9.97 Å². The lowest BCUT2D eigenvalue weighted by Crippen LogP contribution is -2.16. The maximum Gasteiger partial charge on any atom is 0.197 e. The van der Waals surface area contributed by atoms with E-state index >= 15 is 0 Å². The van der Waals surface area contributed by atoms with Gasteiger partial charge in [0.15, 0.2) is 11.6 Å². The maximum absolute atomic E-state index is 5.48. The molecule has 3 aromatic rings. The Morgan fingerprint density at radius 1 is 1.16 bits per heavy atom. The molecule has 0 aromatic carbocycles. The highest BCUT2D eigenvalue weighted by atomic mass is 35.5. The third kappa shape index (κ3) is 4.52. The highest BCUT2D eigenvalue weighted by Crippen LogP contribution is 2.25. The molecule has 8 heteroatoms. The molecule has 4 heterocycles. The standard InChI is InChI=1S/C17H18N4OS.2ClH/c1-2-15(22-8-1)17-20-14-4-7-18-6-3-13(14)16(21-17)19-10-12-5-9-23-11-12;;/h1-2,5,8-9,11,18H,3-4,6-7,10H2,(H,19,20,21);2*1H. The normalized spacial score (nSPS) is 13.1. The van der Waals surface area contributed by atoms with Crippen LogP contribution in [0.15, 0.2) is 39.6 Å². The quantitative estimate of drug-likeness (QED) is 0.696. The summed E-state index contributed by atoms with van der Waals surface area (Å²) in [6.45, 7) is 2.69. The van der Waals surface area contributed by atoms with E-state index in [0.29, 0.717) is 11.6 Å². The van der Waals surface area contributed by atoms with Gasteiger partial charge in [0, 0.05) is 25.1 Å². The maximum atomic E-state index is 5.48. The second kappa shape index (κ2) is 9.20. The molecule has 0 radical (unpaired) electrons. The fourth-order valence-electron chi connectivity index (χ4n) is 2.79. The van der Waals surface area contributed by atoms with Crippen LogP contribution >= 0.6 is 36.2 Å². The lowest BCUT2D eigenvalue weighted by atomic mass is 10.1. The fraction of sp³-hybridized carbons (Fsp3) is 0.294. The van der Waals surface area contributed by atoms with Crippen molar-refractivity contribution in [2.75, 3.05) is 18.4 Å². The summed E-state index contributed by atoms with van der Waals surface area (Å²) >= 11 is 1.71. The molecule has 3 aromatic heterocycles. The van der Waals surface area contributed by atoms with Crippen molar-refractivity contribution in [2.45, 2.75) is 19.4 Å². The molecule has 0 bridgehead atoms. The number of halogens is 2. The largest absolute Gasteiger partial charge is 0.461 e. The summed E-state index contributed by atoms with van der Waals surface area (Å²) in [6.07, 6.45) is 3.52. The Kier molecular flexibility index (Phi) is 7.25. The number of hydrogen-bond donors (Lipinski definition) is 2. The van der Waals surface area contributed by atoms with Crippen molar-refractivity contribution in [3.8, 4) is 11.6 Å². The molecular formula is C17H20Cl2N4OS. The van der Waals surface area contributed by atoms with Gasteiger partial charge in [-0.05, 0) is 47.5 Å². The Morgan fingerprint density at radius 2 is 2.04 bits per heavy atom. The van der Waals surface area contributed by atoms with Crippen molar-refractivity contribution >= 4 is 42.0 Å². The van der Waals surface area contributed by atoms with Crippen LogP contribution in [0.5, 0.6) is 0 Å². The number of anilines is 1. The average molecular weight is 399 g/mol. The van der Waals surface area contributed by atoms with Gasteiger partial charge in [-0.2, -0.15) is 11.3 Å². The highest BCUT2D eigenvalue weighted by Gasteiger charge is 2.18. The van der Waals surface area contributed by atoms with E-state index in [9.17, 15) is 0 Å². The predicted octanol–water partition coefficient (Wildman–Crippen LogP) is 3.94. The zero-order chi connectivity index (χ0) is 15.5. The van der Waals surface area contributed by atoms with E-state index in [1.165, 1.54) is 11.1 Å². The van der Waals surface area contributed by atoms with Crippen LogP contribution in [-0.4, -0.2) is 23.1 Å². The van der Waals surface area contributed by atoms with E-state index in [0.717, 1.165) is 44.0 Å². The first-order valence-corrected chi connectivity index (χ1v) is 8.74. The Labute approximate surface area is 163 Å². The molecule has 0 amide bonds. The molecule has 25 heavy (non-hydrogen) atoms. The second-order valence-electron chi connectivity index (χ2n) is 5.53. The topological polar surface area (TPSA) is 63.0 Å². The molecule has 0 aliphatic carbocycles. The highest BCUT2D eigenvalue weighted by molar-refractivity contribution is 7.07. The Morgan fingerprint density at radius 3 is 2.80 bits per heavy atom. The third-order valence-corrected chi connectivity index (χ3v) is 4.70. The van der Waals surface area contributed by atoms with Gasteiger partial charge in [-0.1, -0.05) is 0 Å². The summed E-state index contributed by atoms with van der Waals surface area (Å²) in [5.74, 6) is 2.29. The SMILES string of the molecule is Cl.Cl.c1coc(-c2nc3c(c(NCc4ccsc4)n2)CCNCC3)c1. The lowest BCUT2D eigenvalue weighted by Gasteiger charge is -2.13. The summed E-state index contributed by atoms with van der Waals surface area (Å²) < 4.78 is 5.48. The number of nitrogens with zero attached hydrogens (tertiary/aromatic N) is 2. The van der Waals surface area contributed by atoms with Gasteiger partial charge in [0.1, 0.15) is 5.82 Å². The van der Waals surface area contributed by atoms with Crippen molar-refractivity contribution in [1.82, 2.24) is 15.3 Å². The molecule has 1 aliphatic heterocycles. The van der Waals surface area contributed by atoms with Crippen molar-refractivity contribution in [1.29, 1.82) is 0 Å². The first-order chi connectivity index (χ1) is 11.4. The Bertz CT molecular complexity index is 778. The van der Waals surface area contributed by atoms with Crippen molar-refractivity contribution in [3.05, 3.63) is 52.0 Å². The molecule has 0 fully saturated rings. The van der Waals surface area contributed by atoms with E-state index in [-0.39, 0.29) is 24.8 Å². The van der Waals surface area contributed by atoms with Crippen LogP contribution in [0.25, 0.3) is 11.6 Å². The molecule has 0 unspecified atom stereocenters. The minimum Gasteiger partial charge on any atom is -0.461 e. The monoisotopic (exact) mass is 398 g/mol. The van der Waals surface area contributed by atoms with Crippen LogP contribution < -0.4 is 10.6 Å². The van der Waals surface area contributed by atoms with Gasteiger partial charge in [0.05, 0.1) is 12.0 Å². The number of furan rings is 1. The van der Waals surface area contributed by atoms with Crippen molar-refractivity contribution < 1.29 is 4.42 Å². The predicted molar refractivity (Wildman–Crippen MR) is 106 cm³/mol. The molecule has 5 nitrogen and oxygen atoms in total. The van der Waals surface area contributed by atoms with E-state index in [1.54, 1.807) is 17.6 Å². The number of fused-ring (bicyclic) bond motifs is 1. The summed E-state index contributed by atoms with van der Waals surface area (Å²) in [5.41, 5.74) is 3.61. The molecular weight excluding hydrogens is 379 g/mol. The molecule has 134 valence electrons. The van der Waals surface area contributed by atoms with Crippen LogP contribution in [0.1, 0.15) is 16.8 Å². The number of aromatic nitrogens is 2. The minimum absolute atomic E-state index is 0. The van der Waals surface area contributed by atoms with Crippen LogP contribution in [0, 0.1) is 0 Å². The van der Waals surface area contributed by atoms with E-state index < -0.39 is 0 Å². The van der Waals surface area contributed by atoms with Crippen LogP contribution in [0.3, 0.4) is 0 Å². The van der Waals surface area contributed by atoms with Crippen molar-refractivity contribution in [3.63, 3.8) is 0 Å². The number of thiophene rings is 1. The minimum atomic E-state index is 0. The van der Waals surface area contributed by atoms with Crippen molar-refractivity contribution in [2.24, 2.45) is 0 Å². The molecule has 2 N–H and O–H groups in total. The fourth-order valence-corrected chi connectivity index (χ4v) is 3.45. The lowest BCUT2D eigenvalue weighted by molar-refractivity contribution is 0.576.